The fraction of sp³-hybridized carbons (Fsp3) is 0.562. The van der Waals surface area contributed by atoms with E-state index in [-0.39, 0.29) is 0 Å². The Hall–Kier alpha value is -2.15. The Bertz CT molecular complexity index is 740. The molecular formula is C16H22N6O. The molecule has 7 heteroatoms. The summed E-state index contributed by atoms with van der Waals surface area (Å²) in [5.74, 6) is -0.422. The molecule has 0 radical (unpaired) electrons. The number of amides is 1. The van der Waals surface area contributed by atoms with Crippen LogP contribution in [-0.4, -0.2) is 43.5 Å². The van der Waals surface area contributed by atoms with Crippen LogP contribution in [-0.2, 0) is 26.4 Å². The summed E-state index contributed by atoms with van der Waals surface area (Å²) in [5, 5.41) is 8.93. The molecule has 2 aromatic heterocycles. The van der Waals surface area contributed by atoms with Crippen LogP contribution in [0.15, 0.2) is 12.4 Å². The topological polar surface area (TPSA) is 82.0 Å². The minimum atomic E-state index is -0.422. The zero-order chi connectivity index (χ0) is 16.0. The van der Waals surface area contributed by atoms with Crippen molar-refractivity contribution in [1.82, 2.24) is 24.5 Å². The lowest BCUT2D eigenvalue weighted by molar-refractivity contribution is 0.0877. The van der Waals surface area contributed by atoms with Crippen LogP contribution in [0.1, 0.15) is 46.2 Å². The van der Waals surface area contributed by atoms with Gasteiger partial charge in [-0.05, 0) is 31.2 Å². The van der Waals surface area contributed by atoms with Crippen LogP contribution in [0.3, 0.4) is 0 Å². The van der Waals surface area contributed by atoms with Gasteiger partial charge in [-0.15, -0.1) is 0 Å². The van der Waals surface area contributed by atoms with E-state index in [1.165, 1.54) is 29.8 Å². The van der Waals surface area contributed by atoms with Gasteiger partial charge in [-0.25, -0.2) is 0 Å². The van der Waals surface area contributed by atoms with E-state index < -0.39 is 5.91 Å². The molecule has 0 aromatic carbocycles. The van der Waals surface area contributed by atoms with Crippen LogP contribution < -0.4 is 5.73 Å². The van der Waals surface area contributed by atoms with E-state index in [4.69, 9.17) is 5.73 Å². The minimum absolute atomic E-state index is 0.326. The smallest absolute Gasteiger partial charge is 0.251 e. The first-order chi connectivity index (χ1) is 11.1. The van der Waals surface area contributed by atoms with Crippen molar-refractivity contribution in [2.24, 2.45) is 12.8 Å². The number of aromatic nitrogens is 4. The summed E-state index contributed by atoms with van der Waals surface area (Å²) in [4.78, 5) is 13.5. The Morgan fingerprint density at radius 3 is 2.87 bits per heavy atom. The van der Waals surface area contributed by atoms with Gasteiger partial charge in [0.1, 0.15) is 0 Å². The molecule has 1 aliphatic heterocycles. The summed E-state index contributed by atoms with van der Waals surface area (Å²) in [7, 11) is 2.05. The average molecular weight is 314 g/mol. The standard InChI is InChI=1S/C16H22N6O/c1-20-15(13-4-2-3-5-14(13)19-20)10-21-8-12(9-21)22-7-11(6-18-22)16(17)23/h6-7,12H,2-5,8-10H2,1H3,(H2,17,23). The van der Waals surface area contributed by atoms with Gasteiger partial charge in [0.05, 0.1) is 29.2 Å². The van der Waals surface area contributed by atoms with Gasteiger partial charge >= 0.3 is 0 Å². The maximum atomic E-state index is 11.1. The molecule has 2 aliphatic rings. The van der Waals surface area contributed by atoms with Crippen LogP contribution >= 0.6 is 0 Å². The predicted octanol–water partition coefficient (Wildman–Crippen LogP) is 0.651. The molecule has 1 fully saturated rings. The largest absolute Gasteiger partial charge is 0.366 e. The van der Waals surface area contributed by atoms with Crippen molar-refractivity contribution in [2.75, 3.05) is 13.1 Å². The summed E-state index contributed by atoms with van der Waals surface area (Å²) in [6.07, 6.45) is 8.11. The van der Waals surface area contributed by atoms with Crippen LogP contribution in [0.25, 0.3) is 0 Å². The Kier molecular flexibility index (Phi) is 3.45. The highest BCUT2D eigenvalue weighted by molar-refractivity contribution is 5.92. The third kappa shape index (κ3) is 2.55. The van der Waals surface area contributed by atoms with E-state index in [1.54, 1.807) is 12.4 Å². The fourth-order valence-corrected chi connectivity index (χ4v) is 3.66. The molecule has 3 heterocycles. The first-order valence-corrected chi connectivity index (χ1v) is 8.22. The van der Waals surface area contributed by atoms with Gasteiger partial charge in [-0.1, -0.05) is 0 Å². The van der Waals surface area contributed by atoms with Gasteiger partial charge in [-0.3, -0.25) is 19.1 Å². The molecular weight excluding hydrogens is 292 g/mol. The summed E-state index contributed by atoms with van der Waals surface area (Å²) >= 11 is 0. The molecule has 7 nitrogen and oxygen atoms in total. The molecule has 0 unspecified atom stereocenters. The second-order valence-electron chi connectivity index (χ2n) is 6.62. The van der Waals surface area contributed by atoms with Crippen molar-refractivity contribution >= 4 is 5.91 Å². The van der Waals surface area contributed by atoms with Gasteiger partial charge in [0.2, 0.25) is 0 Å². The number of nitrogens with zero attached hydrogens (tertiary/aromatic N) is 5. The Labute approximate surface area is 135 Å². The second-order valence-corrected chi connectivity index (χ2v) is 6.62. The number of fused-ring (bicyclic) bond motifs is 1. The first kappa shape index (κ1) is 14.4. The number of carbonyl (C=O) groups is 1. The number of hydrogen-bond donors (Lipinski definition) is 1. The van der Waals surface area contributed by atoms with Gasteiger partial charge in [0.15, 0.2) is 0 Å². The SMILES string of the molecule is Cn1nc2c(c1CN1CC(n3cc(C(N)=O)cn3)C1)CCCC2. The van der Waals surface area contributed by atoms with E-state index >= 15 is 0 Å². The molecule has 0 bridgehead atoms. The third-order valence-electron chi connectivity index (χ3n) is 5.02. The molecule has 23 heavy (non-hydrogen) atoms. The molecule has 0 spiro atoms. The Balaban J connectivity index is 1.41. The molecule has 0 atom stereocenters. The maximum absolute atomic E-state index is 11.1. The van der Waals surface area contributed by atoms with Crippen molar-refractivity contribution in [2.45, 2.75) is 38.3 Å². The molecule has 1 amide bonds. The second kappa shape index (κ2) is 5.49. The predicted molar refractivity (Wildman–Crippen MR) is 84.9 cm³/mol. The summed E-state index contributed by atoms with van der Waals surface area (Å²) in [6.45, 7) is 2.83. The van der Waals surface area contributed by atoms with Crippen molar-refractivity contribution in [3.63, 3.8) is 0 Å². The minimum Gasteiger partial charge on any atom is -0.366 e. The number of primary amides is 1. The summed E-state index contributed by atoms with van der Waals surface area (Å²) in [6, 6.07) is 0.326. The third-order valence-corrected chi connectivity index (χ3v) is 5.02. The number of nitrogens with two attached hydrogens (primary N) is 1. The number of rotatable bonds is 4. The van der Waals surface area contributed by atoms with Crippen LogP contribution in [0.2, 0.25) is 0 Å². The number of likely N-dealkylation sites (tertiary alicyclic amines) is 1. The van der Waals surface area contributed by atoms with E-state index in [2.05, 4.69) is 26.8 Å². The highest BCUT2D eigenvalue weighted by atomic mass is 16.1. The van der Waals surface area contributed by atoms with Crippen molar-refractivity contribution in [3.8, 4) is 0 Å². The highest BCUT2D eigenvalue weighted by Gasteiger charge is 2.31. The van der Waals surface area contributed by atoms with Crippen LogP contribution in [0, 0.1) is 0 Å². The van der Waals surface area contributed by atoms with E-state index in [0.29, 0.717) is 11.6 Å². The zero-order valence-corrected chi connectivity index (χ0v) is 13.4. The van der Waals surface area contributed by atoms with Gasteiger partial charge in [0, 0.05) is 32.9 Å². The molecule has 1 aliphatic carbocycles. The normalized spacial score (nSPS) is 18.7. The van der Waals surface area contributed by atoms with Gasteiger partial charge in [0.25, 0.3) is 5.91 Å². The molecule has 122 valence electrons. The summed E-state index contributed by atoms with van der Waals surface area (Å²) in [5.41, 5.74) is 9.87. The molecule has 4 rings (SSSR count). The zero-order valence-electron chi connectivity index (χ0n) is 13.4. The van der Waals surface area contributed by atoms with Crippen LogP contribution in [0.5, 0.6) is 0 Å². The quantitative estimate of drug-likeness (QED) is 0.898. The molecule has 0 saturated carbocycles. The van der Waals surface area contributed by atoms with E-state index in [0.717, 1.165) is 32.5 Å². The van der Waals surface area contributed by atoms with Crippen molar-refractivity contribution in [1.29, 1.82) is 0 Å². The lowest BCUT2D eigenvalue weighted by atomic mass is 9.95. The number of aryl methyl sites for hydroxylation is 2. The lowest BCUT2D eigenvalue weighted by Crippen LogP contribution is -2.47. The highest BCUT2D eigenvalue weighted by Crippen LogP contribution is 2.28. The lowest BCUT2D eigenvalue weighted by Gasteiger charge is -2.39. The van der Waals surface area contributed by atoms with Crippen LogP contribution in [0.4, 0.5) is 0 Å². The maximum Gasteiger partial charge on any atom is 0.251 e. The first-order valence-electron chi connectivity index (χ1n) is 8.22. The number of carbonyl (C=O) groups excluding carboxylic acids is 1. The van der Waals surface area contributed by atoms with Gasteiger partial charge < -0.3 is 5.73 Å². The Morgan fingerprint density at radius 1 is 1.35 bits per heavy atom. The Morgan fingerprint density at radius 2 is 2.13 bits per heavy atom. The van der Waals surface area contributed by atoms with Crippen molar-refractivity contribution < 1.29 is 4.79 Å². The number of hydrogen-bond acceptors (Lipinski definition) is 4. The van der Waals surface area contributed by atoms with E-state index in [1.807, 2.05) is 4.68 Å². The summed E-state index contributed by atoms with van der Waals surface area (Å²) < 4.78 is 3.91. The van der Waals surface area contributed by atoms with Gasteiger partial charge in [-0.2, -0.15) is 10.2 Å². The van der Waals surface area contributed by atoms with E-state index in [9.17, 15) is 4.79 Å². The average Bonchev–Trinajstić information content (AvgIpc) is 3.07. The van der Waals surface area contributed by atoms with Crippen molar-refractivity contribution in [3.05, 3.63) is 34.9 Å². The fourth-order valence-electron chi connectivity index (χ4n) is 3.66. The molecule has 2 N–H and O–H groups in total. The molecule has 2 aromatic rings. The monoisotopic (exact) mass is 314 g/mol. The molecule has 1 saturated heterocycles.